The quantitative estimate of drug-likeness (QED) is 0.395. The van der Waals surface area contributed by atoms with Gasteiger partial charge in [0.25, 0.3) is 0 Å². The molecule has 5 amide bonds. The number of amides is 5. The number of Topliss-reactive ketones (excluding diaryl/α,β-unsaturated/α-hetero) is 1. The van der Waals surface area contributed by atoms with E-state index in [1.807, 2.05) is 0 Å². The maximum atomic E-state index is 13.2. The number of rotatable bonds is 8. The van der Waals surface area contributed by atoms with Gasteiger partial charge in [-0.05, 0) is 56.9 Å². The lowest BCUT2D eigenvalue weighted by Crippen LogP contribution is -2.64. The third-order valence-corrected chi connectivity index (χ3v) is 6.21. The fraction of sp³-hybridized carbons (Fsp3) is 0.500. The summed E-state index contributed by atoms with van der Waals surface area (Å²) in [6.45, 7) is 2.07. The van der Waals surface area contributed by atoms with Crippen LogP contribution in [0.2, 0.25) is 0 Å². The van der Waals surface area contributed by atoms with Gasteiger partial charge in [0.2, 0.25) is 17.7 Å². The Morgan fingerprint density at radius 1 is 1.08 bits per heavy atom. The number of anilines is 1. The lowest BCUT2D eigenvalue weighted by Gasteiger charge is -2.41. The molecule has 0 spiro atoms. The van der Waals surface area contributed by atoms with Crippen LogP contribution in [0.4, 0.5) is 10.5 Å². The summed E-state index contributed by atoms with van der Waals surface area (Å²) in [6, 6.07) is 4.11. The molecule has 3 N–H and O–H groups in total. The van der Waals surface area contributed by atoms with Crippen LogP contribution in [-0.2, 0) is 19.2 Å². The molecule has 0 unspecified atom stereocenters. The molecule has 0 aromatic heterocycles. The van der Waals surface area contributed by atoms with Crippen LogP contribution in [-0.4, -0.2) is 83.6 Å². The summed E-state index contributed by atoms with van der Waals surface area (Å²) in [5.74, 6) is -2.65. The van der Waals surface area contributed by atoms with Crippen molar-refractivity contribution in [2.45, 2.75) is 51.1 Å². The maximum absolute atomic E-state index is 13.2. The highest BCUT2D eigenvalue weighted by Gasteiger charge is 2.38. The average Bonchev–Trinajstić information content (AvgIpc) is 2.85. The number of nitrogens with zero attached hydrogens (tertiary/aromatic N) is 2. The molecule has 194 valence electrons. The van der Waals surface area contributed by atoms with Gasteiger partial charge in [-0.15, -0.1) is 0 Å². The molecule has 2 fully saturated rings. The van der Waals surface area contributed by atoms with E-state index in [2.05, 4.69) is 16.0 Å². The topological polar surface area (TPSA) is 168 Å². The van der Waals surface area contributed by atoms with Gasteiger partial charge in [0.15, 0.2) is 5.78 Å². The Morgan fingerprint density at radius 2 is 1.81 bits per heavy atom. The molecule has 12 heteroatoms. The van der Waals surface area contributed by atoms with Gasteiger partial charge in [0.05, 0.1) is 6.54 Å². The average molecular weight is 501 g/mol. The minimum Gasteiger partial charge on any atom is -0.550 e. The van der Waals surface area contributed by atoms with Gasteiger partial charge < -0.3 is 35.7 Å². The van der Waals surface area contributed by atoms with E-state index in [1.165, 1.54) is 16.7 Å². The summed E-state index contributed by atoms with van der Waals surface area (Å²) in [5.41, 5.74) is 0.966. The van der Waals surface area contributed by atoms with Crippen LogP contribution < -0.4 is 21.1 Å². The Labute approximate surface area is 208 Å². The normalized spacial score (nSPS) is 19.8. The third kappa shape index (κ3) is 7.03. The molecule has 1 aromatic rings. The number of carboxylic acid groups (broad SMARTS) is 1. The second kappa shape index (κ2) is 12.1. The van der Waals surface area contributed by atoms with E-state index < -0.39 is 35.9 Å². The van der Waals surface area contributed by atoms with Crippen molar-refractivity contribution < 1.29 is 33.9 Å². The minimum atomic E-state index is -1.27. The van der Waals surface area contributed by atoms with Gasteiger partial charge in [-0.3, -0.25) is 19.2 Å². The van der Waals surface area contributed by atoms with E-state index in [-0.39, 0.29) is 50.6 Å². The highest BCUT2D eigenvalue weighted by molar-refractivity contribution is 5.96. The van der Waals surface area contributed by atoms with Crippen molar-refractivity contribution in [3.05, 3.63) is 29.8 Å². The molecule has 0 saturated carbocycles. The number of hydrogen-bond acceptors (Lipinski definition) is 7. The van der Waals surface area contributed by atoms with Crippen molar-refractivity contribution in [1.29, 1.82) is 0 Å². The lowest BCUT2D eigenvalue weighted by atomic mass is 10.0. The van der Waals surface area contributed by atoms with Crippen molar-refractivity contribution >= 4 is 41.2 Å². The molecular formula is C24H30N5O7-. The fourth-order valence-electron chi connectivity index (χ4n) is 4.19. The molecule has 12 nitrogen and oxygen atoms in total. The van der Waals surface area contributed by atoms with Crippen LogP contribution in [0, 0.1) is 0 Å². The Kier molecular flexibility index (Phi) is 8.98. The number of benzene rings is 1. The molecule has 2 heterocycles. The van der Waals surface area contributed by atoms with Gasteiger partial charge in [0, 0.05) is 43.3 Å². The summed E-state index contributed by atoms with van der Waals surface area (Å²) in [4.78, 5) is 75.9. The van der Waals surface area contributed by atoms with E-state index in [0.717, 1.165) is 0 Å². The van der Waals surface area contributed by atoms with E-state index in [9.17, 15) is 33.9 Å². The van der Waals surface area contributed by atoms with E-state index in [1.54, 1.807) is 24.3 Å². The smallest absolute Gasteiger partial charge is 0.321 e. The van der Waals surface area contributed by atoms with Gasteiger partial charge in [-0.1, -0.05) is 0 Å². The van der Waals surface area contributed by atoms with Crippen LogP contribution in [0.25, 0.3) is 0 Å². The zero-order valence-electron chi connectivity index (χ0n) is 20.1. The van der Waals surface area contributed by atoms with Crippen molar-refractivity contribution in [3.8, 4) is 0 Å². The van der Waals surface area contributed by atoms with Crippen LogP contribution in [0.3, 0.4) is 0 Å². The molecule has 0 bridgehead atoms. The van der Waals surface area contributed by atoms with Crippen LogP contribution in [0.1, 0.15) is 49.4 Å². The predicted molar refractivity (Wildman–Crippen MR) is 126 cm³/mol. The van der Waals surface area contributed by atoms with Gasteiger partial charge in [-0.2, -0.15) is 0 Å². The molecule has 0 aliphatic carbocycles. The lowest BCUT2D eigenvalue weighted by molar-refractivity contribution is -0.305. The second-order valence-corrected chi connectivity index (χ2v) is 8.83. The highest BCUT2D eigenvalue weighted by atomic mass is 16.4. The molecule has 1 aromatic carbocycles. The molecule has 36 heavy (non-hydrogen) atoms. The number of carboxylic acids is 1. The number of piperidine rings is 1. The standard InChI is InChI=1S/C24H31N5O7/c1-15(30)16-7-9-17(10-8-16)26-24(36)28-12-13-29(20(31)5-2-6-21(32)33)19(14-28)23(35)27-18-4-3-11-25-22(18)34/h7-10,18-19H,2-6,11-14H2,1H3,(H,25,34)(H,26,36)(H,27,35)(H,32,33)/p-1/t18-,19+/m0/s1. The number of hydrogen-bond donors (Lipinski definition) is 3. The Balaban J connectivity index is 1.69. The SMILES string of the molecule is CC(=O)c1ccc(NC(=O)N2CCN(C(=O)CCCC(=O)[O-])[C@@H](C(=O)N[C@H]3CCCNC3=O)C2)cc1. The summed E-state index contributed by atoms with van der Waals surface area (Å²) >= 11 is 0. The molecule has 2 aliphatic heterocycles. The van der Waals surface area contributed by atoms with Crippen molar-refractivity contribution in [1.82, 2.24) is 20.4 Å². The van der Waals surface area contributed by atoms with E-state index in [4.69, 9.17) is 0 Å². The molecule has 2 aliphatic rings. The van der Waals surface area contributed by atoms with Crippen LogP contribution >= 0.6 is 0 Å². The Morgan fingerprint density at radius 3 is 2.44 bits per heavy atom. The van der Waals surface area contributed by atoms with Crippen molar-refractivity contribution in [2.75, 3.05) is 31.5 Å². The molecular weight excluding hydrogens is 470 g/mol. The van der Waals surface area contributed by atoms with Crippen LogP contribution in [0.15, 0.2) is 24.3 Å². The van der Waals surface area contributed by atoms with Crippen molar-refractivity contribution in [2.24, 2.45) is 0 Å². The molecule has 0 radical (unpaired) electrons. The molecule has 2 saturated heterocycles. The number of aliphatic carboxylic acids is 1. The second-order valence-electron chi connectivity index (χ2n) is 8.83. The molecule has 3 rings (SSSR count). The summed E-state index contributed by atoms with van der Waals surface area (Å²) in [7, 11) is 0. The zero-order valence-corrected chi connectivity index (χ0v) is 20.1. The van der Waals surface area contributed by atoms with E-state index in [0.29, 0.717) is 30.6 Å². The number of piperazine rings is 1. The molecule has 2 atom stereocenters. The third-order valence-electron chi connectivity index (χ3n) is 6.21. The summed E-state index contributed by atoms with van der Waals surface area (Å²) < 4.78 is 0. The highest BCUT2D eigenvalue weighted by Crippen LogP contribution is 2.17. The number of nitrogens with one attached hydrogen (secondary N) is 3. The monoisotopic (exact) mass is 500 g/mol. The minimum absolute atomic E-state index is 0.0653. The first-order chi connectivity index (χ1) is 17.2. The van der Waals surface area contributed by atoms with E-state index >= 15 is 0 Å². The largest absolute Gasteiger partial charge is 0.550 e. The van der Waals surface area contributed by atoms with Gasteiger partial charge in [0.1, 0.15) is 12.1 Å². The Bertz CT molecular complexity index is 1030. The zero-order chi connectivity index (χ0) is 26.2. The fourth-order valence-corrected chi connectivity index (χ4v) is 4.19. The number of carbonyl (C=O) groups is 6. The number of ketones is 1. The van der Waals surface area contributed by atoms with Gasteiger partial charge >= 0.3 is 6.03 Å². The maximum Gasteiger partial charge on any atom is 0.321 e. The van der Waals surface area contributed by atoms with Gasteiger partial charge in [-0.25, -0.2) is 4.79 Å². The Hall–Kier alpha value is -3.96. The van der Waals surface area contributed by atoms with Crippen molar-refractivity contribution in [3.63, 3.8) is 0 Å². The summed E-state index contributed by atoms with van der Waals surface area (Å²) in [6.07, 6.45) is 0.859. The number of carbonyl (C=O) groups excluding carboxylic acids is 6. The van der Waals surface area contributed by atoms with Crippen LogP contribution in [0.5, 0.6) is 0 Å². The predicted octanol–water partition coefficient (Wildman–Crippen LogP) is -0.751. The first-order valence-corrected chi connectivity index (χ1v) is 11.9. The first kappa shape index (κ1) is 26.6. The summed E-state index contributed by atoms with van der Waals surface area (Å²) in [5, 5.41) is 18.8. The number of urea groups is 1. The first-order valence-electron chi connectivity index (χ1n) is 11.9.